The highest BCUT2D eigenvalue weighted by Crippen LogP contribution is 2.49. The molecule has 0 amide bonds. The Kier molecular flexibility index (Phi) is 30.0. The topological polar surface area (TPSA) is 42.4 Å². The second-order valence-electron chi connectivity index (χ2n) is 35.8. The van der Waals surface area contributed by atoms with Crippen LogP contribution in [0.15, 0.2) is 253 Å². The molecule has 7 aliphatic heterocycles. The summed E-state index contributed by atoms with van der Waals surface area (Å²) >= 11 is 0. The molecule has 7 aromatic carbocycles. The Bertz CT molecular complexity index is 5020. The van der Waals surface area contributed by atoms with Gasteiger partial charge >= 0.3 is 0 Å². The van der Waals surface area contributed by atoms with Crippen LogP contribution in [0.4, 0.5) is 11.4 Å². The Morgan fingerprint density at radius 3 is 1.42 bits per heavy atom. The molecule has 6 atom stereocenters. The number of hydrogen-bond donors (Lipinski definition) is 0. The molecule has 4 fully saturated rings. The lowest BCUT2D eigenvalue weighted by molar-refractivity contribution is 0.206. The van der Waals surface area contributed by atoms with Gasteiger partial charge in [0, 0.05) is 211 Å². The van der Waals surface area contributed by atoms with Crippen LogP contribution in [0.5, 0.6) is 0 Å². The number of para-hydroxylation sites is 6. The van der Waals surface area contributed by atoms with Crippen LogP contribution in [0.1, 0.15) is 187 Å². The third-order valence-corrected chi connectivity index (χ3v) is 28.0. The number of hydrogen-bond acceptors (Lipinski definition) is 7. The first-order chi connectivity index (χ1) is 57.7. The Morgan fingerprint density at radius 1 is 0.339 bits per heavy atom. The number of aromatic nitrogens is 4. The first-order valence-corrected chi connectivity index (χ1v) is 45.7. The highest BCUT2D eigenvalue weighted by atomic mass is 15.2. The Balaban J connectivity index is 0.000000108. The summed E-state index contributed by atoms with van der Waals surface area (Å²) in [5.74, 6) is 1.79. The Labute approximate surface area is 710 Å². The number of likely N-dealkylation sites (N-methyl/N-ethyl adjacent to an activating group) is 4. The maximum absolute atomic E-state index is 2.68. The predicted octanol–water partition coefficient (Wildman–Crippen LogP) is 23.8. The molecular weight excluding hydrogens is 1440 g/mol. The van der Waals surface area contributed by atoms with E-state index in [1.165, 1.54) is 252 Å². The predicted molar refractivity (Wildman–Crippen MR) is 505 cm³/mol. The van der Waals surface area contributed by atoms with E-state index in [4.69, 9.17) is 0 Å². The van der Waals surface area contributed by atoms with Crippen molar-refractivity contribution in [1.82, 2.24) is 42.8 Å². The summed E-state index contributed by atoms with van der Waals surface area (Å²) in [6.45, 7) is 6.91. The second-order valence-corrected chi connectivity index (χ2v) is 35.8. The van der Waals surface area contributed by atoms with Gasteiger partial charge in [-0.15, -0.1) is 0 Å². The van der Waals surface area contributed by atoms with Crippen LogP contribution in [-0.4, -0.2) is 142 Å². The molecule has 11 aromatic rings. The van der Waals surface area contributed by atoms with Crippen LogP contribution in [0.3, 0.4) is 0 Å². The lowest BCUT2D eigenvalue weighted by atomic mass is 9.79. The number of allylic oxidation sites excluding steroid dienone is 1. The molecule has 4 aromatic heterocycles. The molecule has 0 saturated heterocycles. The third kappa shape index (κ3) is 20.6. The molecule has 0 bridgehead atoms. The summed E-state index contributed by atoms with van der Waals surface area (Å²) in [6.07, 6.45) is 51.1. The van der Waals surface area contributed by atoms with Gasteiger partial charge in [-0.1, -0.05) is 201 Å². The number of benzene rings is 7. The van der Waals surface area contributed by atoms with Gasteiger partial charge < -0.3 is 37.9 Å². The molecule has 624 valence electrons. The molecule has 4 saturated carbocycles. The first kappa shape index (κ1) is 85.2. The summed E-state index contributed by atoms with van der Waals surface area (Å²) in [5.41, 5.74) is 24.8. The van der Waals surface area contributed by atoms with Crippen molar-refractivity contribution < 1.29 is 0 Å². The fourth-order valence-electron chi connectivity index (χ4n) is 21.7. The first-order valence-electron chi connectivity index (χ1n) is 45.7. The molecule has 11 heterocycles. The van der Waals surface area contributed by atoms with Gasteiger partial charge in [0.1, 0.15) is 0 Å². The lowest BCUT2D eigenvalue weighted by Gasteiger charge is -2.32. The summed E-state index contributed by atoms with van der Waals surface area (Å²) in [4.78, 5) is 16.9. The van der Waals surface area contributed by atoms with E-state index in [1.54, 1.807) is 22.5 Å². The van der Waals surface area contributed by atoms with Crippen molar-refractivity contribution in [2.45, 2.75) is 210 Å². The quantitative estimate of drug-likeness (QED) is 0.140. The second kappa shape index (κ2) is 41.6. The zero-order chi connectivity index (χ0) is 81.9. The van der Waals surface area contributed by atoms with Gasteiger partial charge in [-0.3, -0.25) is 14.7 Å². The molecule has 0 radical (unpaired) electrons. The van der Waals surface area contributed by atoms with Gasteiger partial charge in [-0.25, -0.2) is 0 Å². The van der Waals surface area contributed by atoms with Gasteiger partial charge in [0.05, 0.1) is 0 Å². The fraction of sp³-hybridized carbons (Fsp3) is 0.458. The van der Waals surface area contributed by atoms with Crippen molar-refractivity contribution in [3.05, 3.63) is 287 Å². The lowest BCUT2D eigenvalue weighted by Crippen LogP contribution is -2.36. The Morgan fingerprint density at radius 2 is 0.839 bits per heavy atom. The van der Waals surface area contributed by atoms with E-state index in [2.05, 4.69) is 325 Å². The highest BCUT2D eigenvalue weighted by molar-refractivity contribution is 6.07. The molecule has 11 heteroatoms. The SMILES string of the molecule is CN1C2=C(CCCC2)C2CCCCC21.CN1C2CCCCC2=C2CCCCC21.CN1C=CCC1.CN1CC=CC1.CN1CCc2ccccc21.CN1Cc2ccccc2C1.CN1c2ccccc2C2CCCCC21.Cn1c2c(c3ccccc31)CCCC2.Cn1c2ccccc2c2ccccc21.Cn1ccc2ccccc21.Cn1cccc1. The van der Waals surface area contributed by atoms with Crippen molar-refractivity contribution >= 4 is 55.0 Å². The largest absolute Gasteiger partial charge is 0.380 e. The minimum atomic E-state index is 0.793. The van der Waals surface area contributed by atoms with E-state index < -0.39 is 0 Å². The number of aryl methyl sites for hydroxylation is 5. The smallest absolute Gasteiger partial charge is 0.0488 e. The van der Waals surface area contributed by atoms with Crippen molar-refractivity contribution in [2.24, 2.45) is 34.1 Å². The number of anilines is 2. The van der Waals surface area contributed by atoms with E-state index in [-0.39, 0.29) is 0 Å². The van der Waals surface area contributed by atoms with Gasteiger partial charge in [0.15, 0.2) is 0 Å². The summed E-state index contributed by atoms with van der Waals surface area (Å²) in [5, 5.41) is 5.46. The molecule has 0 N–H and O–H groups in total. The third-order valence-electron chi connectivity index (χ3n) is 28.0. The van der Waals surface area contributed by atoms with Crippen LogP contribution in [0, 0.1) is 5.92 Å². The van der Waals surface area contributed by atoms with Crippen LogP contribution in [0.25, 0.3) is 43.6 Å². The van der Waals surface area contributed by atoms with E-state index in [0.29, 0.717) is 0 Å². The maximum atomic E-state index is 2.68. The van der Waals surface area contributed by atoms with Crippen molar-refractivity contribution in [3.8, 4) is 0 Å². The van der Waals surface area contributed by atoms with Crippen molar-refractivity contribution in [1.29, 1.82) is 0 Å². The normalized spacial score (nSPS) is 22.0. The van der Waals surface area contributed by atoms with E-state index in [1.807, 2.05) is 52.9 Å². The van der Waals surface area contributed by atoms with Gasteiger partial charge in [0.25, 0.3) is 0 Å². The monoisotopic (exact) mass is 1580 g/mol. The van der Waals surface area contributed by atoms with Crippen LogP contribution in [-0.2, 0) is 60.5 Å². The zero-order valence-corrected chi connectivity index (χ0v) is 74.0. The van der Waals surface area contributed by atoms with Gasteiger partial charge in [-0.05, 0) is 249 Å². The summed E-state index contributed by atoms with van der Waals surface area (Å²) in [6, 6.07) is 69.8. The number of rotatable bonds is 0. The minimum absolute atomic E-state index is 0.793. The van der Waals surface area contributed by atoms with Crippen molar-refractivity contribution in [3.63, 3.8) is 0 Å². The van der Waals surface area contributed by atoms with Crippen LogP contribution in [0.2, 0.25) is 0 Å². The zero-order valence-electron chi connectivity index (χ0n) is 74.0. The number of nitrogens with zero attached hydrogens (tertiary/aromatic N) is 11. The average Bonchev–Trinajstić information content (AvgIpc) is 1.64. The van der Waals surface area contributed by atoms with E-state index in [0.717, 1.165) is 62.2 Å². The number of fused-ring (bicyclic) bond motifs is 16. The molecule has 11 nitrogen and oxygen atoms in total. The molecule has 24 rings (SSSR count). The Hall–Kier alpha value is -9.26. The molecule has 6 unspecified atom stereocenters. The molecular formula is C107H141N11. The minimum Gasteiger partial charge on any atom is -0.380 e. The average molecular weight is 1580 g/mol. The van der Waals surface area contributed by atoms with Crippen LogP contribution >= 0.6 is 0 Å². The van der Waals surface area contributed by atoms with Crippen LogP contribution < -0.4 is 9.80 Å². The van der Waals surface area contributed by atoms with Gasteiger partial charge in [0.2, 0.25) is 0 Å². The van der Waals surface area contributed by atoms with E-state index in [9.17, 15) is 0 Å². The fourth-order valence-corrected chi connectivity index (χ4v) is 21.7. The molecule has 118 heavy (non-hydrogen) atoms. The summed E-state index contributed by atoms with van der Waals surface area (Å²) in [7, 11) is 23.8. The summed E-state index contributed by atoms with van der Waals surface area (Å²) < 4.78 is 8.74. The molecule has 6 aliphatic carbocycles. The maximum Gasteiger partial charge on any atom is 0.0488 e. The molecule has 13 aliphatic rings. The standard InChI is InChI=1S/2C13H21N.C13H17N.C13H15N.C13H11N.2C9H11N.C9H9N.2C5H9N.C5H7N/c5*1-14-12-8-4-2-6-10(12)11-7-3-5-9-13(11)14;1-10-6-8-4-2-3-5-9(8)7-10;2*1-10-7-6-8-4-2-3-5-9(8)10;3*1-6-4-2-3-5-6/h12-13H,2-9H2,1H3;10,12H,2-9H2,1H3;2,4,6,8,11,13H,3,5,7,9H2,1H3;2,4,6,8H,3,5,7,9H2,1H3;2-9H,1H3;2*2-5H,6-7H2,1H3;2-7H,1H3;2,4H,3,5H2,1H3;2-3H,4-5H2,1H3;2-5H,1H3. The van der Waals surface area contributed by atoms with Crippen molar-refractivity contribution in [2.75, 3.05) is 85.3 Å². The van der Waals surface area contributed by atoms with Gasteiger partial charge in [-0.2, -0.15) is 0 Å². The molecule has 0 spiro atoms. The van der Waals surface area contributed by atoms with E-state index >= 15 is 0 Å². The highest BCUT2D eigenvalue weighted by Gasteiger charge is 2.42.